The Morgan fingerprint density at radius 3 is 2.44 bits per heavy atom. The number of alkyl halides is 4. The molecule has 1 fully saturated rings. The largest absolute Gasteiger partial charge is 0.495 e. The number of aryl methyl sites for hydroxylation is 1. The fraction of sp³-hybridized carbons (Fsp3) is 0.436. The van der Waals surface area contributed by atoms with Gasteiger partial charge < -0.3 is 44.5 Å². The highest BCUT2D eigenvalue weighted by Gasteiger charge is 2.35. The number of nitrogens with zero attached hydrogens (tertiary/aromatic N) is 8. The molecule has 80 heavy (non-hydrogen) atoms. The second-order valence-electron chi connectivity index (χ2n) is 19.6. The molecule has 5 heterocycles. The number of aromatic nitrogens is 4. The number of ether oxygens (including phenoxy) is 3. The van der Waals surface area contributed by atoms with Crippen molar-refractivity contribution in [2.75, 3.05) is 105 Å². The van der Waals surface area contributed by atoms with E-state index in [1.807, 2.05) is 42.5 Å². The summed E-state index contributed by atoms with van der Waals surface area (Å²) in [5, 5.41) is 19.8. The van der Waals surface area contributed by atoms with Gasteiger partial charge in [-0.1, -0.05) is 35.7 Å². The van der Waals surface area contributed by atoms with Crippen LogP contribution in [0.15, 0.2) is 76.6 Å². The minimum absolute atomic E-state index is 0.0161. The Balaban J connectivity index is 0.794. The van der Waals surface area contributed by atoms with Gasteiger partial charge in [-0.25, -0.2) is 12.8 Å². The van der Waals surface area contributed by atoms with Gasteiger partial charge in [0.05, 0.1) is 71.7 Å². The number of carbonyl (C=O) groups excluding carboxylic acids is 2. The van der Waals surface area contributed by atoms with Gasteiger partial charge in [0, 0.05) is 93.8 Å². The molecule has 0 radical (unpaired) electrons. The van der Waals surface area contributed by atoms with Gasteiger partial charge in [0.2, 0.25) is 15.9 Å². The predicted octanol–water partition coefficient (Wildman–Crippen LogP) is 7.89. The number of benzene rings is 3. The summed E-state index contributed by atoms with van der Waals surface area (Å²) in [6, 6.07) is 16.9. The van der Waals surface area contributed by atoms with Crippen LogP contribution < -0.4 is 20.7 Å². The van der Waals surface area contributed by atoms with Crippen LogP contribution in [-0.4, -0.2) is 172 Å². The zero-order valence-electron chi connectivity index (χ0n) is 45.4. The lowest BCUT2D eigenvalue weighted by Crippen LogP contribution is -2.46. The molecular weight excluding hydrogens is 1100 g/mol. The van der Waals surface area contributed by atoms with Crippen LogP contribution in [0, 0.1) is 25.7 Å². The molecule has 3 aromatic carbocycles. The van der Waals surface area contributed by atoms with Crippen LogP contribution in [0.4, 0.5) is 28.9 Å². The van der Waals surface area contributed by atoms with Crippen LogP contribution in [0.3, 0.4) is 0 Å². The van der Waals surface area contributed by atoms with E-state index < -0.39 is 41.0 Å². The number of methoxy groups -OCH3 is 1. The maximum Gasteiger partial charge on any atom is 0.406 e. The molecule has 0 spiro atoms. The summed E-state index contributed by atoms with van der Waals surface area (Å²) in [4.78, 5) is 35.7. The molecule has 1 saturated heterocycles. The standard InChI is InChI=1S/C55H64ClF4N11O7S2/c1-34-49-50(36-14-16-37(56)17-15-36)64-45(31-48(72)67(3)4)52-66-65-35(2)71(52)54(49)79-51(34)53(73)62-22-27-77-25-10-26-78-28-24-69(6)80(74,75)39-18-19-44(47(30-39)76-7)61-21-9-11-38-29-40-42(63-43-20-23-68(5)32-41(43)57)12-8-13-46(40)70(38)33-55(58,59)60/h8,12-19,29-30,41,43,45,61,63H,10,20-28,31-33H2,1-7H3,(H,62,73)/t41-,43+,45-/m0/s1. The number of aliphatic imine (C=N–C) groups is 1. The van der Waals surface area contributed by atoms with E-state index in [0.717, 1.165) is 15.7 Å². The molecule has 2 aliphatic rings. The van der Waals surface area contributed by atoms with Gasteiger partial charge in [-0.2, -0.15) is 17.5 Å². The number of halogens is 5. The summed E-state index contributed by atoms with van der Waals surface area (Å²) in [7, 11) is 4.07. The number of sulfonamides is 1. The van der Waals surface area contributed by atoms with E-state index in [9.17, 15) is 35.6 Å². The Morgan fingerprint density at radius 2 is 1.73 bits per heavy atom. The highest BCUT2D eigenvalue weighted by atomic mass is 35.5. The second kappa shape index (κ2) is 25.9. The lowest BCUT2D eigenvalue weighted by atomic mass is 9.99. The molecule has 0 aliphatic carbocycles. The number of carbonyl (C=O) groups is 2. The van der Waals surface area contributed by atoms with Gasteiger partial charge in [-0.3, -0.25) is 19.1 Å². The lowest BCUT2D eigenvalue weighted by molar-refractivity contribution is -0.140. The van der Waals surface area contributed by atoms with Gasteiger partial charge in [0.15, 0.2) is 5.82 Å². The van der Waals surface area contributed by atoms with Crippen molar-refractivity contribution < 1.29 is 49.8 Å². The number of likely N-dealkylation sites (N-methyl/N-ethyl adjacent to an activating group) is 1. The first-order valence-electron chi connectivity index (χ1n) is 25.8. The number of hydrogen-bond donors (Lipinski definition) is 3. The number of fused-ring (bicyclic) bond motifs is 4. The van der Waals surface area contributed by atoms with Crippen LogP contribution in [0.25, 0.3) is 15.9 Å². The number of likely N-dealkylation sites (tertiary alicyclic amines) is 1. The van der Waals surface area contributed by atoms with Gasteiger partial charge in [0.1, 0.15) is 35.3 Å². The summed E-state index contributed by atoms with van der Waals surface area (Å²) in [5.74, 6) is 6.62. The summed E-state index contributed by atoms with van der Waals surface area (Å²) >= 11 is 7.55. The zero-order chi connectivity index (χ0) is 57.5. The van der Waals surface area contributed by atoms with Gasteiger partial charge in [-0.15, -0.1) is 21.5 Å². The van der Waals surface area contributed by atoms with Crippen molar-refractivity contribution in [3.63, 3.8) is 0 Å². The zero-order valence-corrected chi connectivity index (χ0v) is 47.8. The monoisotopic (exact) mass is 1170 g/mol. The third kappa shape index (κ3) is 13.9. The van der Waals surface area contributed by atoms with Crippen LogP contribution in [0.5, 0.6) is 5.75 Å². The van der Waals surface area contributed by atoms with E-state index >= 15 is 0 Å². The van der Waals surface area contributed by atoms with E-state index in [2.05, 4.69) is 38.0 Å². The number of nitrogens with one attached hydrogen (secondary N) is 3. The Morgan fingerprint density at radius 1 is 0.975 bits per heavy atom. The minimum atomic E-state index is -4.53. The average molecular weight is 1170 g/mol. The fourth-order valence-electron chi connectivity index (χ4n) is 9.40. The van der Waals surface area contributed by atoms with Gasteiger partial charge in [-0.05, 0) is 87.7 Å². The van der Waals surface area contributed by atoms with Crippen molar-refractivity contribution in [3.05, 3.63) is 111 Å². The molecule has 25 heteroatoms. The van der Waals surface area contributed by atoms with E-state index in [1.54, 1.807) is 50.5 Å². The third-order valence-corrected chi connectivity index (χ3v) is 17.1. The second-order valence-corrected chi connectivity index (χ2v) is 23.1. The van der Waals surface area contributed by atoms with Crippen LogP contribution in [-0.2, 0) is 30.8 Å². The number of piperidine rings is 1. The van der Waals surface area contributed by atoms with Crippen LogP contribution >= 0.6 is 22.9 Å². The molecule has 3 N–H and O–H groups in total. The predicted molar refractivity (Wildman–Crippen MR) is 301 cm³/mol. The van der Waals surface area contributed by atoms with Crippen LogP contribution in [0.1, 0.15) is 69.0 Å². The number of hydrogen-bond acceptors (Lipinski definition) is 14. The average Bonchev–Trinajstić information content (AvgIpc) is 4.29. The molecular formula is C55H64ClF4N11O7S2. The van der Waals surface area contributed by atoms with E-state index in [0.29, 0.717) is 92.7 Å². The quantitative estimate of drug-likeness (QED) is 0.0339. The van der Waals surface area contributed by atoms with E-state index in [4.69, 9.17) is 30.8 Å². The van der Waals surface area contributed by atoms with Crippen LogP contribution in [0.2, 0.25) is 5.02 Å². The minimum Gasteiger partial charge on any atom is -0.495 e. The molecule has 0 bridgehead atoms. The molecule has 428 valence electrons. The first-order chi connectivity index (χ1) is 38.1. The maximum atomic E-state index is 14.9. The molecule has 2 aliphatic heterocycles. The highest BCUT2D eigenvalue weighted by molar-refractivity contribution is 7.89. The number of anilines is 2. The molecule has 3 atom stereocenters. The Labute approximate surface area is 471 Å². The van der Waals surface area contributed by atoms with E-state index in [-0.39, 0.29) is 74.0 Å². The molecule has 18 nitrogen and oxygen atoms in total. The SMILES string of the molecule is COc1cc(S(=O)(=O)N(C)CCOCCCOCCNC(=O)c2sc3c(c2C)C(c2ccc(Cl)cc2)=N[C@@H](CC(=O)N(C)C)c2nnc(C)n2-3)ccc1NCC#Cc1cc2c(N[C@@H]3CCN(C)C[C@@H]3F)cccc2n1CC(F)(F)F. The molecule has 8 rings (SSSR count). The fourth-order valence-corrected chi connectivity index (χ4v) is 12.0. The van der Waals surface area contributed by atoms with E-state index in [1.165, 1.54) is 52.9 Å². The number of rotatable bonds is 22. The Kier molecular flexibility index (Phi) is 19.3. The molecule has 2 amide bonds. The first-order valence-corrected chi connectivity index (χ1v) is 28.5. The molecule has 0 saturated carbocycles. The van der Waals surface area contributed by atoms with Gasteiger partial charge in [0.25, 0.3) is 5.91 Å². The number of amides is 2. The Hall–Kier alpha value is -6.59. The summed E-state index contributed by atoms with van der Waals surface area (Å²) in [5.41, 5.74) is 4.19. The summed E-state index contributed by atoms with van der Waals surface area (Å²) in [6.45, 7) is 4.59. The molecule has 0 unspecified atom stereocenters. The molecule has 6 aromatic rings. The van der Waals surface area contributed by atoms with Crippen molar-refractivity contribution in [1.29, 1.82) is 0 Å². The van der Waals surface area contributed by atoms with Crippen molar-refractivity contribution in [2.45, 2.75) is 69.0 Å². The summed E-state index contributed by atoms with van der Waals surface area (Å²) in [6.07, 6.45) is -4.56. The lowest BCUT2D eigenvalue weighted by Gasteiger charge is -2.33. The number of thiophene rings is 1. The Bertz CT molecular complexity index is 3410. The van der Waals surface area contributed by atoms with Crippen molar-refractivity contribution in [1.82, 2.24) is 38.8 Å². The molecule has 3 aromatic heterocycles. The van der Waals surface area contributed by atoms with Crippen molar-refractivity contribution in [3.8, 4) is 22.6 Å². The van der Waals surface area contributed by atoms with Gasteiger partial charge >= 0.3 is 6.18 Å². The highest BCUT2D eigenvalue weighted by Crippen LogP contribution is 2.41. The topological polar surface area (TPSA) is 190 Å². The van der Waals surface area contributed by atoms with Crippen molar-refractivity contribution in [2.24, 2.45) is 4.99 Å². The summed E-state index contributed by atoms with van der Waals surface area (Å²) < 4.78 is 105. The van der Waals surface area contributed by atoms with Crippen molar-refractivity contribution >= 4 is 72.8 Å². The normalized spacial score (nSPS) is 16.6. The smallest absolute Gasteiger partial charge is 0.406 e. The first kappa shape index (κ1) is 59.5. The third-order valence-electron chi connectivity index (χ3n) is 13.7. The maximum absolute atomic E-state index is 14.9.